The zero-order valence-electron chi connectivity index (χ0n) is 13.1. The van der Waals surface area contributed by atoms with E-state index in [4.69, 9.17) is 16.2 Å². The molecule has 1 saturated heterocycles. The molecule has 3 rings (SSSR count). The van der Waals surface area contributed by atoms with Crippen molar-refractivity contribution in [1.82, 2.24) is 19.5 Å². The molecule has 0 aliphatic carbocycles. The number of rotatable bonds is 5. The lowest BCUT2D eigenvalue weighted by Gasteiger charge is -2.25. The van der Waals surface area contributed by atoms with Crippen LogP contribution in [0.25, 0.3) is 11.2 Å². The molecule has 120 valence electrons. The fourth-order valence-electron chi connectivity index (χ4n) is 3.00. The summed E-state index contributed by atoms with van der Waals surface area (Å²) in [6, 6.07) is 0. The second-order valence-corrected chi connectivity index (χ2v) is 5.82. The van der Waals surface area contributed by atoms with Crippen molar-refractivity contribution in [2.24, 2.45) is 0 Å². The Morgan fingerprint density at radius 3 is 2.77 bits per heavy atom. The van der Waals surface area contributed by atoms with E-state index in [1.165, 1.54) is 12.8 Å². The normalized spacial score (nSPS) is 18.9. The molecule has 0 spiro atoms. The summed E-state index contributed by atoms with van der Waals surface area (Å²) in [5, 5.41) is 0. The predicted octanol–water partition coefficient (Wildman–Crippen LogP) is 2.42. The standard InChI is InChI=1S/C15H24N6O/c1-2-3-4-7-10-18-12-13(16)19-15(17)20-14(12)21(10)11-8-5-6-9-22-11/h11H,2-9H2,1H3,(H4,16,17,19,20). The first-order valence-corrected chi connectivity index (χ1v) is 8.12. The number of nitrogens with two attached hydrogens (primary N) is 2. The molecule has 7 nitrogen and oxygen atoms in total. The van der Waals surface area contributed by atoms with Crippen LogP contribution >= 0.6 is 0 Å². The third kappa shape index (κ3) is 2.85. The minimum Gasteiger partial charge on any atom is -0.382 e. The number of ether oxygens (including phenoxy) is 1. The smallest absolute Gasteiger partial charge is 0.224 e. The lowest BCUT2D eigenvalue weighted by Crippen LogP contribution is -2.20. The van der Waals surface area contributed by atoms with Gasteiger partial charge in [0.15, 0.2) is 17.0 Å². The van der Waals surface area contributed by atoms with Gasteiger partial charge in [0.05, 0.1) is 0 Å². The van der Waals surface area contributed by atoms with E-state index < -0.39 is 0 Å². The molecule has 1 unspecified atom stereocenters. The molecule has 0 amide bonds. The monoisotopic (exact) mass is 304 g/mol. The Morgan fingerprint density at radius 2 is 2.05 bits per heavy atom. The molecule has 0 radical (unpaired) electrons. The Hall–Kier alpha value is -1.89. The van der Waals surface area contributed by atoms with Crippen LogP contribution in [-0.2, 0) is 11.2 Å². The van der Waals surface area contributed by atoms with Gasteiger partial charge in [-0.3, -0.25) is 4.57 Å². The van der Waals surface area contributed by atoms with Gasteiger partial charge in [0.2, 0.25) is 5.95 Å². The predicted molar refractivity (Wildman–Crippen MR) is 86.2 cm³/mol. The summed E-state index contributed by atoms with van der Waals surface area (Å²) in [5.74, 6) is 1.50. The van der Waals surface area contributed by atoms with Crippen LogP contribution in [0.3, 0.4) is 0 Å². The third-order valence-corrected chi connectivity index (χ3v) is 4.10. The molecule has 1 aliphatic heterocycles. The van der Waals surface area contributed by atoms with Crippen LogP contribution in [0.4, 0.5) is 11.8 Å². The molecular weight excluding hydrogens is 280 g/mol. The Morgan fingerprint density at radius 1 is 1.18 bits per heavy atom. The highest BCUT2D eigenvalue weighted by Gasteiger charge is 2.24. The fourth-order valence-corrected chi connectivity index (χ4v) is 3.00. The number of unbranched alkanes of at least 4 members (excludes halogenated alkanes) is 2. The average molecular weight is 304 g/mol. The number of aromatic nitrogens is 4. The molecule has 3 heterocycles. The van der Waals surface area contributed by atoms with Crippen LogP contribution in [0.1, 0.15) is 57.5 Å². The molecule has 0 bridgehead atoms. The Balaban J connectivity index is 2.04. The van der Waals surface area contributed by atoms with Gasteiger partial charge in [0.25, 0.3) is 0 Å². The van der Waals surface area contributed by atoms with Crippen molar-refractivity contribution >= 4 is 22.9 Å². The summed E-state index contributed by atoms with van der Waals surface area (Å²) in [6.07, 6.45) is 7.54. The van der Waals surface area contributed by atoms with Crippen molar-refractivity contribution in [3.8, 4) is 0 Å². The number of nitrogen functional groups attached to an aromatic ring is 2. The van der Waals surface area contributed by atoms with Gasteiger partial charge >= 0.3 is 0 Å². The molecule has 0 aromatic carbocycles. The van der Waals surface area contributed by atoms with E-state index in [-0.39, 0.29) is 12.2 Å². The number of imidazole rings is 1. The molecule has 1 aliphatic rings. The summed E-state index contributed by atoms with van der Waals surface area (Å²) < 4.78 is 8.02. The van der Waals surface area contributed by atoms with Crippen molar-refractivity contribution in [2.75, 3.05) is 18.1 Å². The summed E-state index contributed by atoms with van der Waals surface area (Å²) in [5.41, 5.74) is 13.1. The van der Waals surface area contributed by atoms with Crippen LogP contribution in [0.15, 0.2) is 0 Å². The van der Waals surface area contributed by atoms with Crippen molar-refractivity contribution in [1.29, 1.82) is 0 Å². The minimum atomic E-state index is -0.0240. The topological polar surface area (TPSA) is 105 Å². The van der Waals surface area contributed by atoms with E-state index in [1.54, 1.807) is 0 Å². The highest BCUT2D eigenvalue weighted by molar-refractivity contribution is 5.83. The fraction of sp³-hybridized carbons (Fsp3) is 0.667. The number of fused-ring (bicyclic) bond motifs is 1. The first-order valence-electron chi connectivity index (χ1n) is 8.12. The maximum Gasteiger partial charge on any atom is 0.224 e. The quantitative estimate of drug-likeness (QED) is 0.822. The van der Waals surface area contributed by atoms with E-state index in [9.17, 15) is 0 Å². The number of anilines is 2. The second-order valence-electron chi connectivity index (χ2n) is 5.82. The maximum atomic E-state index is 5.98. The Bertz CT molecular complexity index is 647. The third-order valence-electron chi connectivity index (χ3n) is 4.10. The molecule has 0 saturated carbocycles. The average Bonchev–Trinajstić information content (AvgIpc) is 2.87. The maximum absolute atomic E-state index is 5.98. The van der Waals surface area contributed by atoms with Crippen LogP contribution < -0.4 is 11.5 Å². The largest absolute Gasteiger partial charge is 0.382 e. The lowest BCUT2D eigenvalue weighted by molar-refractivity contribution is -0.0313. The van der Waals surface area contributed by atoms with Crippen molar-refractivity contribution in [3.63, 3.8) is 0 Å². The molecule has 1 fully saturated rings. The zero-order valence-corrected chi connectivity index (χ0v) is 13.1. The van der Waals surface area contributed by atoms with Gasteiger partial charge in [0, 0.05) is 13.0 Å². The molecule has 4 N–H and O–H groups in total. The van der Waals surface area contributed by atoms with Crippen LogP contribution in [-0.4, -0.2) is 26.1 Å². The van der Waals surface area contributed by atoms with Crippen molar-refractivity contribution in [2.45, 2.75) is 58.1 Å². The van der Waals surface area contributed by atoms with E-state index >= 15 is 0 Å². The first kappa shape index (κ1) is 15.0. The number of hydrogen-bond donors (Lipinski definition) is 2. The lowest BCUT2D eigenvalue weighted by atomic mass is 10.1. The second kappa shape index (κ2) is 6.48. The van der Waals surface area contributed by atoms with E-state index in [0.29, 0.717) is 17.0 Å². The SMILES string of the molecule is CCCCCc1nc2c(N)nc(N)nc2n1C1CCCCO1. The number of aryl methyl sites for hydroxylation is 1. The van der Waals surface area contributed by atoms with Gasteiger partial charge in [-0.25, -0.2) is 4.98 Å². The summed E-state index contributed by atoms with van der Waals surface area (Å²) in [4.78, 5) is 13.1. The summed E-state index contributed by atoms with van der Waals surface area (Å²) in [6.45, 7) is 2.96. The van der Waals surface area contributed by atoms with Gasteiger partial charge in [0.1, 0.15) is 12.1 Å². The van der Waals surface area contributed by atoms with Crippen LogP contribution in [0, 0.1) is 0 Å². The molecule has 1 atom stereocenters. The first-order chi connectivity index (χ1) is 10.7. The number of nitrogens with zero attached hydrogens (tertiary/aromatic N) is 4. The van der Waals surface area contributed by atoms with Crippen molar-refractivity contribution in [3.05, 3.63) is 5.82 Å². The molecule has 7 heteroatoms. The van der Waals surface area contributed by atoms with Gasteiger partial charge in [-0.15, -0.1) is 0 Å². The molecule has 2 aromatic rings. The molecule has 22 heavy (non-hydrogen) atoms. The van der Waals surface area contributed by atoms with Crippen molar-refractivity contribution < 1.29 is 4.74 Å². The minimum absolute atomic E-state index is 0.0240. The summed E-state index contributed by atoms with van der Waals surface area (Å²) >= 11 is 0. The highest BCUT2D eigenvalue weighted by Crippen LogP contribution is 2.30. The van der Waals surface area contributed by atoms with Gasteiger partial charge in [-0.2, -0.15) is 9.97 Å². The van der Waals surface area contributed by atoms with E-state index in [0.717, 1.165) is 44.5 Å². The van der Waals surface area contributed by atoms with Crippen LogP contribution in [0.2, 0.25) is 0 Å². The van der Waals surface area contributed by atoms with Gasteiger partial charge in [-0.1, -0.05) is 19.8 Å². The van der Waals surface area contributed by atoms with E-state index in [1.807, 2.05) is 0 Å². The van der Waals surface area contributed by atoms with Gasteiger partial charge in [-0.05, 0) is 25.7 Å². The molecular formula is C15H24N6O. The zero-order chi connectivity index (χ0) is 15.5. The Kier molecular flexibility index (Phi) is 4.42. The Labute approximate surface area is 130 Å². The summed E-state index contributed by atoms with van der Waals surface area (Å²) in [7, 11) is 0. The number of hydrogen-bond acceptors (Lipinski definition) is 6. The van der Waals surface area contributed by atoms with Gasteiger partial charge < -0.3 is 16.2 Å². The highest BCUT2D eigenvalue weighted by atomic mass is 16.5. The van der Waals surface area contributed by atoms with Crippen LogP contribution in [0.5, 0.6) is 0 Å². The van der Waals surface area contributed by atoms with E-state index in [2.05, 4.69) is 26.4 Å². The molecule has 2 aromatic heterocycles.